The molecule has 0 radical (unpaired) electrons. The highest BCUT2D eigenvalue weighted by atomic mass is 32.2. The van der Waals surface area contributed by atoms with E-state index in [9.17, 15) is 8.42 Å². The van der Waals surface area contributed by atoms with Gasteiger partial charge in [0.25, 0.3) is 0 Å². The zero-order chi connectivity index (χ0) is 15.6. The van der Waals surface area contributed by atoms with Crippen LogP contribution in [0.4, 0.5) is 0 Å². The van der Waals surface area contributed by atoms with Gasteiger partial charge in [-0.1, -0.05) is 19.9 Å². The quantitative estimate of drug-likeness (QED) is 0.813. The molecule has 1 fully saturated rings. The summed E-state index contributed by atoms with van der Waals surface area (Å²) in [6.45, 7) is 9.09. The lowest BCUT2D eigenvalue weighted by atomic mass is 10.1. The van der Waals surface area contributed by atoms with Crippen LogP contribution in [0.2, 0.25) is 0 Å². The summed E-state index contributed by atoms with van der Waals surface area (Å²) in [5, 5.41) is 3.45. The van der Waals surface area contributed by atoms with Gasteiger partial charge in [-0.05, 0) is 55.4 Å². The molecule has 0 saturated heterocycles. The number of hydrogen-bond donors (Lipinski definition) is 2. The molecule has 4 nitrogen and oxygen atoms in total. The van der Waals surface area contributed by atoms with Crippen molar-refractivity contribution in [2.24, 2.45) is 5.92 Å². The first-order chi connectivity index (χ1) is 9.79. The highest BCUT2D eigenvalue weighted by molar-refractivity contribution is 7.89. The molecule has 0 spiro atoms. The molecule has 1 aromatic rings. The third kappa shape index (κ3) is 4.53. The Morgan fingerprint density at radius 1 is 1.19 bits per heavy atom. The van der Waals surface area contributed by atoms with Crippen LogP contribution in [0.3, 0.4) is 0 Å². The molecule has 0 amide bonds. The van der Waals surface area contributed by atoms with Crippen molar-refractivity contribution >= 4 is 10.0 Å². The summed E-state index contributed by atoms with van der Waals surface area (Å²) in [4.78, 5) is 0.404. The minimum atomic E-state index is -3.43. The van der Waals surface area contributed by atoms with Crippen LogP contribution < -0.4 is 10.0 Å². The highest BCUT2D eigenvalue weighted by Gasteiger charge is 2.22. The molecule has 2 N–H and O–H groups in total. The van der Waals surface area contributed by atoms with Gasteiger partial charge < -0.3 is 5.32 Å². The average Bonchev–Trinajstić information content (AvgIpc) is 3.19. The predicted octanol–water partition coefficient (Wildman–Crippen LogP) is 2.49. The first-order valence-corrected chi connectivity index (χ1v) is 9.11. The van der Waals surface area contributed by atoms with Crippen LogP contribution in [-0.4, -0.2) is 21.0 Å². The van der Waals surface area contributed by atoms with E-state index in [2.05, 4.69) is 10.0 Å². The van der Waals surface area contributed by atoms with E-state index in [1.54, 1.807) is 0 Å². The molecule has 1 saturated carbocycles. The molecule has 1 aliphatic rings. The van der Waals surface area contributed by atoms with Gasteiger partial charge in [-0.25, -0.2) is 13.1 Å². The minimum Gasteiger partial charge on any atom is -0.310 e. The summed E-state index contributed by atoms with van der Waals surface area (Å²) >= 11 is 0. The second-order valence-corrected chi connectivity index (χ2v) is 8.18. The van der Waals surface area contributed by atoms with Gasteiger partial charge in [0.15, 0.2) is 0 Å². The molecule has 0 atom stereocenters. The molecule has 0 heterocycles. The Balaban J connectivity index is 2.22. The molecule has 1 aromatic carbocycles. The van der Waals surface area contributed by atoms with E-state index in [-0.39, 0.29) is 0 Å². The molecule has 0 bridgehead atoms. The van der Waals surface area contributed by atoms with E-state index < -0.39 is 10.0 Å². The Morgan fingerprint density at radius 3 is 2.43 bits per heavy atom. The molecular formula is C16H26N2O2S. The normalized spacial score (nSPS) is 15.7. The maximum atomic E-state index is 12.4. The Morgan fingerprint density at radius 2 is 1.86 bits per heavy atom. The van der Waals surface area contributed by atoms with Gasteiger partial charge in [0.2, 0.25) is 10.0 Å². The van der Waals surface area contributed by atoms with Crippen LogP contribution in [0.1, 0.15) is 43.4 Å². The number of sulfonamides is 1. The maximum absolute atomic E-state index is 12.4. The van der Waals surface area contributed by atoms with Gasteiger partial charge in [0.05, 0.1) is 4.90 Å². The molecule has 1 aliphatic carbocycles. The van der Waals surface area contributed by atoms with Gasteiger partial charge in [0.1, 0.15) is 0 Å². The topological polar surface area (TPSA) is 58.2 Å². The van der Waals surface area contributed by atoms with Gasteiger partial charge in [0, 0.05) is 19.1 Å². The van der Waals surface area contributed by atoms with E-state index in [4.69, 9.17) is 0 Å². The van der Waals surface area contributed by atoms with Crippen molar-refractivity contribution in [1.82, 2.24) is 10.0 Å². The fourth-order valence-corrected chi connectivity index (χ4v) is 3.74. The van der Waals surface area contributed by atoms with Crippen LogP contribution >= 0.6 is 0 Å². The van der Waals surface area contributed by atoms with Crippen LogP contribution in [0.15, 0.2) is 17.0 Å². The summed E-state index contributed by atoms with van der Waals surface area (Å²) in [6.07, 6.45) is 2.46. The van der Waals surface area contributed by atoms with E-state index in [1.165, 1.54) is 12.8 Å². The number of hydrogen-bond acceptors (Lipinski definition) is 3. The van der Waals surface area contributed by atoms with E-state index in [1.807, 2.05) is 39.8 Å². The summed E-state index contributed by atoms with van der Waals surface area (Å²) in [5.41, 5.74) is 3.01. The molecule has 21 heavy (non-hydrogen) atoms. The molecule has 0 unspecified atom stereocenters. The second-order valence-electron chi connectivity index (χ2n) is 6.45. The van der Waals surface area contributed by atoms with Crippen LogP contribution in [0.25, 0.3) is 0 Å². The van der Waals surface area contributed by atoms with Crippen molar-refractivity contribution in [1.29, 1.82) is 0 Å². The van der Waals surface area contributed by atoms with E-state index in [0.717, 1.165) is 23.2 Å². The van der Waals surface area contributed by atoms with Crippen molar-refractivity contribution in [3.05, 3.63) is 28.8 Å². The molecule has 0 aliphatic heterocycles. The fraction of sp³-hybridized carbons (Fsp3) is 0.625. The molecule has 5 heteroatoms. The number of aryl methyl sites for hydroxylation is 2. The Hall–Kier alpha value is -0.910. The van der Waals surface area contributed by atoms with Crippen LogP contribution in [0, 0.1) is 19.8 Å². The van der Waals surface area contributed by atoms with Crippen molar-refractivity contribution in [3.8, 4) is 0 Å². The molecule has 0 aromatic heterocycles. The SMILES string of the molecule is Cc1cc(C)c(S(=O)(=O)NCC(C)C)cc1CNC1CC1. The third-order valence-electron chi connectivity index (χ3n) is 3.76. The zero-order valence-corrected chi connectivity index (χ0v) is 14.2. The second kappa shape index (κ2) is 6.46. The average molecular weight is 310 g/mol. The third-order valence-corrected chi connectivity index (χ3v) is 5.33. The molecule has 118 valence electrons. The van der Waals surface area contributed by atoms with Crippen molar-refractivity contribution in [2.75, 3.05) is 6.54 Å². The fourth-order valence-electron chi connectivity index (χ4n) is 2.25. The lowest BCUT2D eigenvalue weighted by Gasteiger charge is -2.15. The predicted molar refractivity (Wildman–Crippen MR) is 85.8 cm³/mol. The van der Waals surface area contributed by atoms with Crippen molar-refractivity contribution in [3.63, 3.8) is 0 Å². The smallest absolute Gasteiger partial charge is 0.240 e. The highest BCUT2D eigenvalue weighted by Crippen LogP contribution is 2.23. The Labute approximate surface area is 128 Å². The molecule has 2 rings (SSSR count). The van der Waals surface area contributed by atoms with Gasteiger partial charge in [-0.2, -0.15) is 0 Å². The summed E-state index contributed by atoms with van der Waals surface area (Å²) < 4.78 is 27.6. The van der Waals surface area contributed by atoms with Crippen molar-refractivity contribution < 1.29 is 8.42 Å². The monoisotopic (exact) mass is 310 g/mol. The van der Waals surface area contributed by atoms with Gasteiger partial charge in [-0.3, -0.25) is 0 Å². The van der Waals surface area contributed by atoms with E-state index >= 15 is 0 Å². The number of benzene rings is 1. The maximum Gasteiger partial charge on any atom is 0.240 e. The van der Waals surface area contributed by atoms with E-state index in [0.29, 0.717) is 23.4 Å². The summed E-state index contributed by atoms with van der Waals surface area (Å²) in [6, 6.07) is 4.40. The number of nitrogens with one attached hydrogen (secondary N) is 2. The van der Waals surface area contributed by atoms with Gasteiger partial charge in [-0.15, -0.1) is 0 Å². The Kier molecular flexibility index (Phi) is 5.07. The first-order valence-electron chi connectivity index (χ1n) is 7.63. The lowest BCUT2D eigenvalue weighted by molar-refractivity contribution is 0.559. The minimum absolute atomic E-state index is 0.293. The lowest BCUT2D eigenvalue weighted by Crippen LogP contribution is -2.28. The zero-order valence-electron chi connectivity index (χ0n) is 13.4. The Bertz CT molecular complexity index is 605. The molecular weight excluding hydrogens is 284 g/mol. The standard InChI is InChI=1S/C16H26N2O2S/c1-11(2)9-18-21(19,20)16-8-14(10-17-15-5-6-15)12(3)7-13(16)4/h7-8,11,15,17-18H,5-6,9-10H2,1-4H3. The number of rotatable bonds is 7. The summed E-state index contributed by atoms with van der Waals surface area (Å²) in [7, 11) is -3.43. The van der Waals surface area contributed by atoms with Crippen molar-refractivity contribution in [2.45, 2.75) is 58.0 Å². The van der Waals surface area contributed by atoms with Gasteiger partial charge >= 0.3 is 0 Å². The largest absolute Gasteiger partial charge is 0.310 e. The van der Waals surface area contributed by atoms with Crippen LogP contribution in [-0.2, 0) is 16.6 Å². The first kappa shape index (κ1) is 16.5. The van der Waals surface area contributed by atoms with Crippen LogP contribution in [0.5, 0.6) is 0 Å². The summed E-state index contributed by atoms with van der Waals surface area (Å²) in [5.74, 6) is 0.293.